The molecule has 1 atom stereocenters. The summed E-state index contributed by atoms with van der Waals surface area (Å²) in [5.41, 5.74) is 1.63. The van der Waals surface area contributed by atoms with E-state index in [1.807, 2.05) is 32.0 Å². The lowest BCUT2D eigenvalue weighted by atomic mass is 10.1. The molecular formula is C13H17N3O2. The number of aryl methyl sites for hydroxylation is 1. The average molecular weight is 247 g/mol. The topological polar surface area (TPSA) is 62.3 Å². The molecule has 96 valence electrons. The number of nitrogens with one attached hydrogen (secondary N) is 1. The second-order valence-corrected chi connectivity index (χ2v) is 4.43. The molecule has 0 spiro atoms. The van der Waals surface area contributed by atoms with Gasteiger partial charge in [0, 0.05) is 5.69 Å². The monoisotopic (exact) mass is 247 g/mol. The van der Waals surface area contributed by atoms with Gasteiger partial charge >= 0.3 is 0 Å². The zero-order valence-electron chi connectivity index (χ0n) is 10.6. The van der Waals surface area contributed by atoms with E-state index in [0.717, 1.165) is 11.4 Å². The second kappa shape index (κ2) is 5.27. The largest absolute Gasteiger partial charge is 0.297 e. The third-order valence-electron chi connectivity index (χ3n) is 3.04. The minimum Gasteiger partial charge on any atom is -0.297 e. The molecule has 5 heteroatoms. The maximum atomic E-state index is 12.1. The Balaban J connectivity index is 2.15. The molecule has 0 aromatic carbocycles. The number of carbonyl (C=O) groups excluding carboxylic acids is 2. The number of amides is 2. The summed E-state index contributed by atoms with van der Waals surface area (Å²) >= 11 is 0. The van der Waals surface area contributed by atoms with E-state index >= 15 is 0 Å². The Bertz CT molecular complexity index is 473. The standard InChI is InChI=1S/C13H17N3O2/c1-3-11-13(18)16(12(17)7-14-11)8-10-6-4-5-9(2)15-10/h4-6,11,14H,3,7-8H2,1-2H3. The zero-order chi connectivity index (χ0) is 13.1. The van der Waals surface area contributed by atoms with Gasteiger partial charge in [0.05, 0.1) is 24.8 Å². The van der Waals surface area contributed by atoms with Crippen molar-refractivity contribution in [2.75, 3.05) is 6.54 Å². The van der Waals surface area contributed by atoms with Crippen molar-refractivity contribution in [3.63, 3.8) is 0 Å². The molecule has 5 nitrogen and oxygen atoms in total. The summed E-state index contributed by atoms with van der Waals surface area (Å²) < 4.78 is 0. The van der Waals surface area contributed by atoms with Gasteiger partial charge < -0.3 is 0 Å². The van der Waals surface area contributed by atoms with Crippen LogP contribution in [0.5, 0.6) is 0 Å². The van der Waals surface area contributed by atoms with Crippen LogP contribution >= 0.6 is 0 Å². The highest BCUT2D eigenvalue weighted by molar-refractivity contribution is 6.01. The van der Waals surface area contributed by atoms with Gasteiger partial charge in [0.1, 0.15) is 0 Å². The summed E-state index contributed by atoms with van der Waals surface area (Å²) in [5, 5.41) is 2.93. The maximum Gasteiger partial charge on any atom is 0.246 e. The van der Waals surface area contributed by atoms with Crippen LogP contribution in [0.3, 0.4) is 0 Å². The van der Waals surface area contributed by atoms with Gasteiger partial charge in [-0.25, -0.2) is 0 Å². The molecule has 18 heavy (non-hydrogen) atoms. The molecule has 1 aliphatic heterocycles. The summed E-state index contributed by atoms with van der Waals surface area (Å²) in [5.74, 6) is -0.343. The molecule has 0 radical (unpaired) electrons. The fraction of sp³-hybridized carbons (Fsp3) is 0.462. The molecule has 1 aliphatic rings. The molecule has 0 bridgehead atoms. The number of carbonyl (C=O) groups is 2. The molecule has 1 fully saturated rings. The van der Waals surface area contributed by atoms with Crippen LogP contribution in [0.2, 0.25) is 0 Å². The van der Waals surface area contributed by atoms with Gasteiger partial charge in [0.25, 0.3) is 0 Å². The van der Waals surface area contributed by atoms with E-state index in [1.54, 1.807) is 0 Å². The Labute approximate surface area is 106 Å². The summed E-state index contributed by atoms with van der Waals surface area (Å²) in [6.07, 6.45) is 0.684. The number of nitrogens with zero attached hydrogens (tertiary/aromatic N) is 2. The smallest absolute Gasteiger partial charge is 0.246 e. The predicted octanol–water partition coefficient (Wildman–Crippen LogP) is 0.627. The summed E-state index contributed by atoms with van der Waals surface area (Å²) in [4.78, 5) is 29.5. The van der Waals surface area contributed by atoms with Crippen molar-refractivity contribution in [3.05, 3.63) is 29.6 Å². The number of hydrogen-bond acceptors (Lipinski definition) is 4. The molecule has 1 unspecified atom stereocenters. The molecule has 2 heterocycles. The first kappa shape index (κ1) is 12.7. The Kier molecular flexibility index (Phi) is 3.72. The minimum atomic E-state index is -0.257. The molecule has 2 rings (SSSR count). The van der Waals surface area contributed by atoms with E-state index in [4.69, 9.17) is 0 Å². The molecular weight excluding hydrogens is 230 g/mol. The van der Waals surface area contributed by atoms with E-state index in [0.29, 0.717) is 6.42 Å². The van der Waals surface area contributed by atoms with Crippen LogP contribution in [-0.4, -0.2) is 34.3 Å². The maximum absolute atomic E-state index is 12.1. The number of imide groups is 1. The fourth-order valence-electron chi connectivity index (χ4n) is 2.04. The third-order valence-corrected chi connectivity index (χ3v) is 3.04. The number of hydrogen-bond donors (Lipinski definition) is 1. The van der Waals surface area contributed by atoms with Crippen LogP contribution in [-0.2, 0) is 16.1 Å². The summed E-state index contributed by atoms with van der Waals surface area (Å²) in [7, 11) is 0. The third kappa shape index (κ3) is 2.56. The quantitative estimate of drug-likeness (QED) is 0.796. The molecule has 1 saturated heterocycles. The first-order valence-corrected chi connectivity index (χ1v) is 6.12. The zero-order valence-corrected chi connectivity index (χ0v) is 10.6. The SMILES string of the molecule is CCC1NCC(=O)N(Cc2cccc(C)n2)C1=O. The lowest BCUT2D eigenvalue weighted by Gasteiger charge is -2.30. The van der Waals surface area contributed by atoms with E-state index in [-0.39, 0.29) is 30.9 Å². The Morgan fingerprint density at radius 2 is 2.22 bits per heavy atom. The molecule has 1 aromatic rings. The van der Waals surface area contributed by atoms with Gasteiger partial charge in [0.2, 0.25) is 11.8 Å². The number of rotatable bonds is 3. The molecule has 0 aliphatic carbocycles. The number of piperazine rings is 1. The average Bonchev–Trinajstić information content (AvgIpc) is 2.35. The first-order chi connectivity index (χ1) is 8.61. The van der Waals surface area contributed by atoms with Gasteiger partial charge in [0.15, 0.2) is 0 Å². The van der Waals surface area contributed by atoms with Crippen molar-refractivity contribution < 1.29 is 9.59 Å². The van der Waals surface area contributed by atoms with E-state index in [1.165, 1.54) is 4.90 Å². The van der Waals surface area contributed by atoms with Crippen LogP contribution in [0.15, 0.2) is 18.2 Å². The van der Waals surface area contributed by atoms with Crippen LogP contribution in [0.25, 0.3) is 0 Å². The Morgan fingerprint density at radius 3 is 2.89 bits per heavy atom. The van der Waals surface area contributed by atoms with Crippen molar-refractivity contribution in [3.8, 4) is 0 Å². The highest BCUT2D eigenvalue weighted by Gasteiger charge is 2.32. The van der Waals surface area contributed by atoms with Crippen molar-refractivity contribution in [2.45, 2.75) is 32.9 Å². The summed E-state index contributed by atoms with van der Waals surface area (Å²) in [6.45, 7) is 4.29. The molecule has 0 saturated carbocycles. The van der Waals surface area contributed by atoms with Crippen LogP contribution in [0.4, 0.5) is 0 Å². The fourth-order valence-corrected chi connectivity index (χ4v) is 2.04. The number of pyridine rings is 1. The van der Waals surface area contributed by atoms with Gasteiger partial charge in [-0.1, -0.05) is 13.0 Å². The molecule has 1 aromatic heterocycles. The number of aromatic nitrogens is 1. The highest BCUT2D eigenvalue weighted by Crippen LogP contribution is 2.10. The first-order valence-electron chi connectivity index (χ1n) is 6.12. The predicted molar refractivity (Wildman–Crippen MR) is 66.6 cm³/mol. The van der Waals surface area contributed by atoms with E-state index < -0.39 is 0 Å². The van der Waals surface area contributed by atoms with Crippen molar-refractivity contribution in [2.24, 2.45) is 0 Å². The van der Waals surface area contributed by atoms with Crippen molar-refractivity contribution >= 4 is 11.8 Å². The minimum absolute atomic E-state index is 0.156. The molecule has 2 amide bonds. The van der Waals surface area contributed by atoms with Crippen LogP contribution in [0, 0.1) is 6.92 Å². The molecule has 1 N–H and O–H groups in total. The van der Waals surface area contributed by atoms with Crippen LogP contribution < -0.4 is 5.32 Å². The second-order valence-electron chi connectivity index (χ2n) is 4.43. The normalized spacial score (nSPS) is 20.3. The van der Waals surface area contributed by atoms with Crippen molar-refractivity contribution in [1.29, 1.82) is 0 Å². The van der Waals surface area contributed by atoms with E-state index in [2.05, 4.69) is 10.3 Å². The van der Waals surface area contributed by atoms with Gasteiger partial charge in [-0.05, 0) is 25.5 Å². The Hall–Kier alpha value is -1.75. The lowest BCUT2D eigenvalue weighted by Crippen LogP contribution is -2.57. The van der Waals surface area contributed by atoms with Gasteiger partial charge in [-0.3, -0.25) is 24.8 Å². The van der Waals surface area contributed by atoms with Crippen LogP contribution in [0.1, 0.15) is 24.7 Å². The summed E-state index contributed by atoms with van der Waals surface area (Å²) in [6, 6.07) is 5.34. The lowest BCUT2D eigenvalue weighted by molar-refractivity contribution is -0.150. The van der Waals surface area contributed by atoms with E-state index in [9.17, 15) is 9.59 Å². The van der Waals surface area contributed by atoms with Crippen molar-refractivity contribution in [1.82, 2.24) is 15.2 Å². The van der Waals surface area contributed by atoms with Gasteiger partial charge in [-0.2, -0.15) is 0 Å². The Morgan fingerprint density at radius 1 is 1.44 bits per heavy atom. The highest BCUT2D eigenvalue weighted by atomic mass is 16.2. The van der Waals surface area contributed by atoms with Gasteiger partial charge in [-0.15, -0.1) is 0 Å².